The molecule has 0 radical (unpaired) electrons. The fraction of sp³-hybridized carbons (Fsp3) is 0.500. The van der Waals surface area contributed by atoms with Gasteiger partial charge in [0.2, 0.25) is 0 Å². The van der Waals surface area contributed by atoms with E-state index in [9.17, 15) is 9.59 Å². The molecule has 2 fully saturated rings. The largest absolute Gasteiger partial charge is 0.447 e. The van der Waals surface area contributed by atoms with Gasteiger partial charge in [0.1, 0.15) is 6.61 Å². The molecule has 0 saturated carbocycles. The molecule has 1 amide bonds. The van der Waals surface area contributed by atoms with E-state index in [1.807, 2.05) is 13.1 Å². The van der Waals surface area contributed by atoms with Crippen LogP contribution >= 0.6 is 11.3 Å². The summed E-state index contributed by atoms with van der Waals surface area (Å²) in [6.45, 7) is 5.25. The van der Waals surface area contributed by atoms with Gasteiger partial charge in [0.05, 0.1) is 11.7 Å². The number of thiazole rings is 1. The van der Waals surface area contributed by atoms with E-state index in [1.54, 1.807) is 15.4 Å². The quantitative estimate of drug-likeness (QED) is 0.815. The van der Waals surface area contributed by atoms with Gasteiger partial charge in [-0.1, -0.05) is 0 Å². The molecule has 7 nitrogen and oxygen atoms in total. The Morgan fingerprint density at radius 3 is 3.14 bits per heavy atom. The third kappa shape index (κ3) is 2.28. The molecule has 4 rings (SSSR count). The predicted molar refractivity (Wildman–Crippen MR) is 81.2 cm³/mol. The van der Waals surface area contributed by atoms with Crippen LogP contribution in [-0.2, 0) is 11.3 Å². The van der Waals surface area contributed by atoms with Gasteiger partial charge < -0.3 is 4.74 Å². The second-order valence-electron chi connectivity index (χ2n) is 5.74. The molecule has 0 aromatic carbocycles. The van der Waals surface area contributed by atoms with Crippen molar-refractivity contribution in [2.75, 3.05) is 26.2 Å². The first-order chi connectivity index (χ1) is 10.6. The second kappa shape index (κ2) is 5.06. The molecule has 0 aliphatic carbocycles. The number of aromatic nitrogens is 2. The minimum atomic E-state index is -0.212. The van der Waals surface area contributed by atoms with Crippen LogP contribution in [0.25, 0.3) is 4.96 Å². The molecule has 2 aliphatic heterocycles. The Balaban J connectivity index is 1.54. The van der Waals surface area contributed by atoms with E-state index in [4.69, 9.17) is 4.74 Å². The zero-order chi connectivity index (χ0) is 15.3. The number of amides is 1. The number of fused-ring (bicyclic) bond motifs is 2. The molecule has 22 heavy (non-hydrogen) atoms. The molecule has 0 spiro atoms. The van der Waals surface area contributed by atoms with Gasteiger partial charge in [-0.05, 0) is 6.92 Å². The number of nitrogens with zero attached hydrogens (tertiary/aromatic N) is 4. The van der Waals surface area contributed by atoms with Gasteiger partial charge in [-0.15, -0.1) is 11.3 Å². The van der Waals surface area contributed by atoms with Crippen molar-refractivity contribution < 1.29 is 9.53 Å². The Morgan fingerprint density at radius 1 is 1.41 bits per heavy atom. The van der Waals surface area contributed by atoms with Crippen molar-refractivity contribution in [2.24, 2.45) is 0 Å². The summed E-state index contributed by atoms with van der Waals surface area (Å²) in [6, 6.07) is 1.72. The maximum absolute atomic E-state index is 12.1. The summed E-state index contributed by atoms with van der Waals surface area (Å²) >= 11 is 1.52. The van der Waals surface area contributed by atoms with E-state index >= 15 is 0 Å². The predicted octanol–water partition coefficient (Wildman–Crippen LogP) is 0.701. The third-order valence-corrected chi connectivity index (χ3v) is 5.02. The molecule has 0 unspecified atom stereocenters. The number of aryl methyl sites for hydroxylation is 1. The van der Waals surface area contributed by atoms with Gasteiger partial charge in [-0.3, -0.25) is 19.0 Å². The van der Waals surface area contributed by atoms with Crippen LogP contribution < -0.4 is 5.56 Å². The number of carbonyl (C=O) groups is 1. The summed E-state index contributed by atoms with van der Waals surface area (Å²) in [5, 5.41) is 0. The summed E-state index contributed by atoms with van der Waals surface area (Å²) < 4.78 is 6.66. The second-order valence-corrected chi connectivity index (χ2v) is 6.95. The van der Waals surface area contributed by atoms with E-state index in [-0.39, 0.29) is 17.7 Å². The molecule has 1 atom stereocenters. The van der Waals surface area contributed by atoms with Crippen molar-refractivity contribution in [3.05, 3.63) is 33.2 Å². The first kappa shape index (κ1) is 13.7. The Hall–Kier alpha value is -1.93. The molecule has 116 valence electrons. The summed E-state index contributed by atoms with van der Waals surface area (Å²) in [7, 11) is 0. The van der Waals surface area contributed by atoms with Crippen molar-refractivity contribution in [1.29, 1.82) is 0 Å². The molecule has 0 bridgehead atoms. The summed E-state index contributed by atoms with van der Waals surface area (Å²) in [5.41, 5.74) is 0.743. The van der Waals surface area contributed by atoms with E-state index < -0.39 is 0 Å². The lowest BCUT2D eigenvalue weighted by Crippen LogP contribution is -2.51. The number of hydrogen-bond acceptors (Lipinski definition) is 6. The fourth-order valence-electron chi connectivity index (χ4n) is 3.07. The Kier molecular flexibility index (Phi) is 3.16. The Labute approximate surface area is 130 Å². The van der Waals surface area contributed by atoms with Crippen molar-refractivity contribution in [2.45, 2.75) is 19.5 Å². The molecule has 8 heteroatoms. The maximum Gasteiger partial charge on any atom is 0.410 e. The highest BCUT2D eigenvalue weighted by atomic mass is 32.1. The van der Waals surface area contributed by atoms with Crippen molar-refractivity contribution in [3.8, 4) is 0 Å². The molecular formula is C14H16N4O3S. The van der Waals surface area contributed by atoms with Gasteiger partial charge in [0.15, 0.2) is 4.96 Å². The van der Waals surface area contributed by atoms with Crippen LogP contribution in [0.1, 0.15) is 10.6 Å². The lowest BCUT2D eigenvalue weighted by molar-refractivity contribution is 0.114. The lowest BCUT2D eigenvalue weighted by Gasteiger charge is -2.35. The Morgan fingerprint density at radius 2 is 2.27 bits per heavy atom. The number of carbonyl (C=O) groups excluding carboxylic acids is 1. The third-order valence-electron chi connectivity index (χ3n) is 4.12. The highest BCUT2D eigenvalue weighted by molar-refractivity contribution is 7.16. The van der Waals surface area contributed by atoms with Crippen LogP contribution in [-0.4, -0.2) is 57.6 Å². The molecule has 4 heterocycles. The normalized spacial score (nSPS) is 22.1. The SMILES string of the molecule is Cc1cn2c(=O)cc(CN3CCN4C(=O)OC[C@@H]4C3)nc2s1. The van der Waals surface area contributed by atoms with Gasteiger partial charge in [0, 0.05) is 43.3 Å². The van der Waals surface area contributed by atoms with E-state index in [0.29, 0.717) is 19.7 Å². The zero-order valence-electron chi connectivity index (χ0n) is 12.2. The van der Waals surface area contributed by atoms with Gasteiger partial charge in [0.25, 0.3) is 5.56 Å². The number of ether oxygens (including phenoxy) is 1. The standard InChI is InChI=1S/C14H16N4O3S/c1-9-5-18-12(19)4-10(15-13(18)22-9)6-16-2-3-17-11(7-16)8-21-14(17)20/h4-5,11H,2-3,6-8H2,1H3/t11-/m0/s1. The maximum atomic E-state index is 12.1. The van der Waals surface area contributed by atoms with Gasteiger partial charge >= 0.3 is 6.09 Å². The summed E-state index contributed by atoms with van der Waals surface area (Å²) in [6.07, 6.45) is 1.61. The molecule has 0 N–H and O–H groups in total. The van der Waals surface area contributed by atoms with Crippen molar-refractivity contribution in [1.82, 2.24) is 19.2 Å². The molecule has 2 saturated heterocycles. The highest BCUT2D eigenvalue weighted by Gasteiger charge is 2.37. The van der Waals surface area contributed by atoms with Crippen LogP contribution in [0.4, 0.5) is 4.79 Å². The van der Waals surface area contributed by atoms with Crippen LogP contribution in [0.3, 0.4) is 0 Å². The summed E-state index contributed by atoms with van der Waals surface area (Å²) in [5.74, 6) is 0. The number of hydrogen-bond donors (Lipinski definition) is 0. The van der Waals surface area contributed by atoms with E-state index in [2.05, 4.69) is 9.88 Å². The molecular weight excluding hydrogens is 304 g/mol. The first-order valence-corrected chi connectivity index (χ1v) is 8.06. The first-order valence-electron chi connectivity index (χ1n) is 7.24. The van der Waals surface area contributed by atoms with Gasteiger partial charge in [-0.25, -0.2) is 9.78 Å². The minimum absolute atomic E-state index is 0.0395. The topological polar surface area (TPSA) is 67.2 Å². The zero-order valence-corrected chi connectivity index (χ0v) is 13.0. The number of cyclic esters (lactones) is 1. The fourth-order valence-corrected chi connectivity index (χ4v) is 3.92. The van der Waals surface area contributed by atoms with E-state index in [1.165, 1.54) is 11.3 Å². The average Bonchev–Trinajstić information content (AvgIpc) is 3.02. The Bertz CT molecular complexity index is 799. The molecule has 2 aliphatic rings. The van der Waals surface area contributed by atoms with Crippen LogP contribution in [0.15, 0.2) is 17.1 Å². The number of piperazine rings is 1. The van der Waals surface area contributed by atoms with Crippen molar-refractivity contribution in [3.63, 3.8) is 0 Å². The minimum Gasteiger partial charge on any atom is -0.447 e. The van der Waals surface area contributed by atoms with Crippen LogP contribution in [0, 0.1) is 6.92 Å². The van der Waals surface area contributed by atoms with Crippen molar-refractivity contribution >= 4 is 22.4 Å². The monoisotopic (exact) mass is 320 g/mol. The van der Waals surface area contributed by atoms with Gasteiger partial charge in [-0.2, -0.15) is 0 Å². The van der Waals surface area contributed by atoms with Crippen LogP contribution in [0.5, 0.6) is 0 Å². The molecule has 2 aromatic heterocycles. The average molecular weight is 320 g/mol. The van der Waals surface area contributed by atoms with Crippen LogP contribution in [0.2, 0.25) is 0 Å². The highest BCUT2D eigenvalue weighted by Crippen LogP contribution is 2.19. The summed E-state index contributed by atoms with van der Waals surface area (Å²) in [4.78, 5) is 34.0. The smallest absolute Gasteiger partial charge is 0.410 e. The molecule has 2 aromatic rings. The lowest BCUT2D eigenvalue weighted by atomic mass is 10.2. The van der Waals surface area contributed by atoms with E-state index in [0.717, 1.165) is 28.6 Å². The number of rotatable bonds is 2.